The van der Waals surface area contributed by atoms with E-state index in [2.05, 4.69) is 33.0 Å². The molecule has 120 valence electrons. The summed E-state index contributed by atoms with van der Waals surface area (Å²) in [7, 11) is 0. The number of rotatable bonds is 0. The van der Waals surface area contributed by atoms with E-state index in [1.165, 1.54) is 0 Å². The zero-order valence-corrected chi connectivity index (χ0v) is 15.0. The molecule has 0 aromatic heterocycles. The number of fused-ring (bicyclic) bond motifs is 4. The Balaban J connectivity index is 0.000000704. The van der Waals surface area contributed by atoms with E-state index in [1.54, 1.807) is 0 Å². The summed E-state index contributed by atoms with van der Waals surface area (Å²) in [6, 6.07) is 20.0. The quantitative estimate of drug-likeness (QED) is 0.284. The Bertz CT molecular complexity index is 853. The second-order valence-corrected chi connectivity index (χ2v) is 6.14. The first-order valence-corrected chi connectivity index (χ1v) is 8.78. The van der Waals surface area contributed by atoms with Crippen LogP contribution in [0.4, 0.5) is 17.1 Å². The molecular weight excluding hydrogens is 366 g/mol. The van der Waals surface area contributed by atoms with Gasteiger partial charge >= 0.3 is 0 Å². The molecule has 0 unspecified atom stereocenters. The maximum Gasteiger partial charge on any atom is 0.156 e. The zero-order valence-electron chi connectivity index (χ0n) is 13.4. The predicted octanol–water partition coefficient (Wildman–Crippen LogP) is 7.16. The minimum Gasteiger partial charge on any atom is -0.453 e. The average Bonchev–Trinajstić information content (AvgIpc) is 2.62. The highest BCUT2D eigenvalue weighted by Crippen LogP contribution is 2.59. The lowest BCUT2D eigenvalue weighted by atomic mass is 10.1. The zero-order chi connectivity index (χ0) is 16.7. The van der Waals surface area contributed by atoms with Crippen molar-refractivity contribution in [1.29, 1.82) is 0 Å². The molecule has 24 heavy (non-hydrogen) atoms. The minimum absolute atomic E-state index is 0.789. The SMILES string of the molecule is Brc1cc2c3c(c1)Oc1ccccc1N3c1ccccc1O2.CC. The van der Waals surface area contributed by atoms with Crippen LogP contribution < -0.4 is 14.4 Å². The molecule has 0 fully saturated rings. The van der Waals surface area contributed by atoms with Gasteiger partial charge in [0.2, 0.25) is 0 Å². The van der Waals surface area contributed by atoms with Gasteiger partial charge in [0.15, 0.2) is 23.0 Å². The van der Waals surface area contributed by atoms with Crippen molar-refractivity contribution in [2.45, 2.75) is 13.8 Å². The molecular formula is C20H16BrNO2. The third-order valence-electron chi connectivity index (χ3n) is 3.88. The standard InChI is InChI=1S/C18H10BrNO2.C2H6/c19-11-9-16-18-17(10-11)22-15-8-4-2-6-13(15)20(18)12-5-1-3-7-14(12)21-16;1-2/h1-10H;1-2H3. The molecule has 0 aliphatic carbocycles. The van der Waals surface area contributed by atoms with Crippen LogP contribution in [0.3, 0.4) is 0 Å². The first kappa shape index (κ1) is 15.1. The molecule has 3 aromatic carbocycles. The van der Waals surface area contributed by atoms with Crippen LogP contribution in [0, 0.1) is 0 Å². The van der Waals surface area contributed by atoms with Gasteiger partial charge in [0.05, 0.1) is 11.4 Å². The highest BCUT2D eigenvalue weighted by Gasteiger charge is 2.34. The van der Waals surface area contributed by atoms with Crippen molar-refractivity contribution in [2.75, 3.05) is 4.90 Å². The van der Waals surface area contributed by atoms with E-state index in [9.17, 15) is 0 Å². The highest BCUT2D eigenvalue weighted by molar-refractivity contribution is 9.10. The monoisotopic (exact) mass is 381 g/mol. The summed E-state index contributed by atoms with van der Waals surface area (Å²) in [5.74, 6) is 3.27. The van der Waals surface area contributed by atoms with E-state index in [0.717, 1.165) is 44.5 Å². The van der Waals surface area contributed by atoms with Gasteiger partial charge in [0.1, 0.15) is 5.69 Å². The third-order valence-corrected chi connectivity index (χ3v) is 4.34. The van der Waals surface area contributed by atoms with E-state index in [0.29, 0.717) is 0 Å². The summed E-state index contributed by atoms with van der Waals surface area (Å²) in [4.78, 5) is 2.20. The lowest BCUT2D eigenvalue weighted by Gasteiger charge is -2.37. The molecule has 4 heteroatoms. The van der Waals surface area contributed by atoms with Gasteiger partial charge < -0.3 is 9.47 Å². The van der Waals surface area contributed by atoms with Gasteiger partial charge in [-0.1, -0.05) is 54.0 Å². The second-order valence-electron chi connectivity index (χ2n) is 5.23. The van der Waals surface area contributed by atoms with Gasteiger partial charge in [-0.2, -0.15) is 0 Å². The molecule has 0 radical (unpaired) electrons. The van der Waals surface area contributed by atoms with Crippen molar-refractivity contribution in [3.8, 4) is 23.0 Å². The number of para-hydroxylation sites is 4. The Morgan fingerprint density at radius 2 is 1.17 bits per heavy atom. The fourth-order valence-corrected chi connectivity index (χ4v) is 3.41. The van der Waals surface area contributed by atoms with Crippen LogP contribution in [0.15, 0.2) is 65.1 Å². The van der Waals surface area contributed by atoms with Crippen LogP contribution in [0.1, 0.15) is 13.8 Å². The smallest absolute Gasteiger partial charge is 0.156 e. The summed E-state index contributed by atoms with van der Waals surface area (Å²) in [6.07, 6.45) is 0. The van der Waals surface area contributed by atoms with E-state index < -0.39 is 0 Å². The Labute approximate surface area is 149 Å². The van der Waals surface area contributed by atoms with Crippen LogP contribution in [0.25, 0.3) is 0 Å². The minimum atomic E-state index is 0.789. The molecule has 2 heterocycles. The van der Waals surface area contributed by atoms with Gasteiger partial charge in [-0.05, 0) is 36.4 Å². The molecule has 5 rings (SSSR count). The molecule has 0 saturated heterocycles. The predicted molar refractivity (Wildman–Crippen MR) is 100 cm³/mol. The molecule has 2 aliphatic heterocycles. The van der Waals surface area contributed by atoms with Crippen molar-refractivity contribution in [2.24, 2.45) is 0 Å². The van der Waals surface area contributed by atoms with E-state index >= 15 is 0 Å². The fourth-order valence-electron chi connectivity index (χ4n) is 2.99. The number of hydrogen-bond acceptors (Lipinski definition) is 3. The van der Waals surface area contributed by atoms with Crippen molar-refractivity contribution >= 4 is 33.0 Å². The number of nitrogens with zero attached hydrogens (tertiary/aromatic N) is 1. The number of hydrogen-bond donors (Lipinski definition) is 0. The number of ether oxygens (including phenoxy) is 2. The Morgan fingerprint density at radius 1 is 0.708 bits per heavy atom. The van der Waals surface area contributed by atoms with Crippen molar-refractivity contribution < 1.29 is 9.47 Å². The fraction of sp³-hybridized carbons (Fsp3) is 0.100. The molecule has 0 saturated carbocycles. The van der Waals surface area contributed by atoms with Crippen molar-refractivity contribution in [1.82, 2.24) is 0 Å². The second kappa shape index (κ2) is 5.87. The molecule has 3 aromatic rings. The van der Waals surface area contributed by atoms with Crippen LogP contribution >= 0.6 is 15.9 Å². The topological polar surface area (TPSA) is 21.7 Å². The Morgan fingerprint density at radius 3 is 1.67 bits per heavy atom. The lowest BCUT2D eigenvalue weighted by Crippen LogP contribution is -2.20. The van der Waals surface area contributed by atoms with E-state index in [4.69, 9.17) is 9.47 Å². The number of anilines is 3. The summed E-state index contributed by atoms with van der Waals surface area (Å²) >= 11 is 3.53. The van der Waals surface area contributed by atoms with Crippen LogP contribution in [-0.2, 0) is 0 Å². The molecule has 0 N–H and O–H groups in total. The maximum atomic E-state index is 6.07. The molecule has 0 spiro atoms. The van der Waals surface area contributed by atoms with E-state index in [-0.39, 0.29) is 0 Å². The Kier molecular flexibility index (Phi) is 3.69. The third kappa shape index (κ3) is 2.18. The largest absolute Gasteiger partial charge is 0.453 e. The number of benzene rings is 3. The first-order valence-electron chi connectivity index (χ1n) is 7.99. The number of halogens is 1. The van der Waals surface area contributed by atoms with Gasteiger partial charge in [-0.3, -0.25) is 4.90 Å². The highest BCUT2D eigenvalue weighted by atomic mass is 79.9. The van der Waals surface area contributed by atoms with Crippen LogP contribution in [0.2, 0.25) is 0 Å². The lowest BCUT2D eigenvalue weighted by molar-refractivity contribution is 0.445. The first-order chi connectivity index (χ1) is 11.8. The van der Waals surface area contributed by atoms with Gasteiger partial charge in [0.25, 0.3) is 0 Å². The molecule has 0 atom stereocenters. The van der Waals surface area contributed by atoms with Gasteiger partial charge in [0, 0.05) is 4.47 Å². The van der Waals surface area contributed by atoms with Crippen LogP contribution in [-0.4, -0.2) is 0 Å². The van der Waals surface area contributed by atoms with Crippen LogP contribution in [0.5, 0.6) is 23.0 Å². The van der Waals surface area contributed by atoms with Crippen molar-refractivity contribution in [3.05, 3.63) is 65.1 Å². The normalized spacial score (nSPS) is 12.5. The molecule has 3 nitrogen and oxygen atoms in total. The molecule has 0 bridgehead atoms. The van der Waals surface area contributed by atoms with Gasteiger partial charge in [-0.15, -0.1) is 0 Å². The Hall–Kier alpha value is -2.46. The van der Waals surface area contributed by atoms with Gasteiger partial charge in [-0.25, -0.2) is 0 Å². The maximum absolute atomic E-state index is 6.07. The van der Waals surface area contributed by atoms with Crippen molar-refractivity contribution in [3.63, 3.8) is 0 Å². The molecule has 0 amide bonds. The molecule has 2 aliphatic rings. The van der Waals surface area contributed by atoms with E-state index in [1.807, 2.05) is 62.4 Å². The summed E-state index contributed by atoms with van der Waals surface area (Å²) < 4.78 is 13.1. The summed E-state index contributed by atoms with van der Waals surface area (Å²) in [5.41, 5.74) is 2.99. The summed E-state index contributed by atoms with van der Waals surface area (Å²) in [5, 5.41) is 0. The average molecular weight is 382 g/mol. The summed E-state index contributed by atoms with van der Waals surface area (Å²) in [6.45, 7) is 4.00.